The number of hydrogen-bond donors (Lipinski definition) is 1. The van der Waals surface area contributed by atoms with Gasteiger partial charge in [-0.25, -0.2) is 0 Å². The van der Waals surface area contributed by atoms with Crippen LogP contribution in [0.5, 0.6) is 0 Å². The molecule has 0 bridgehead atoms. The van der Waals surface area contributed by atoms with Crippen molar-refractivity contribution in [2.24, 2.45) is 5.73 Å². The van der Waals surface area contributed by atoms with Gasteiger partial charge in [-0.1, -0.05) is 222 Å². The smallest absolute Gasteiger partial charge is 0.0502 e. The van der Waals surface area contributed by atoms with E-state index in [4.69, 9.17) is 5.73 Å². The van der Waals surface area contributed by atoms with Crippen LogP contribution in [0, 0.1) is 13.8 Å². The van der Waals surface area contributed by atoms with Gasteiger partial charge in [0.05, 0.1) is 6.04 Å². The second-order valence-electron chi connectivity index (χ2n) is 14.5. The van der Waals surface area contributed by atoms with Gasteiger partial charge in [0.1, 0.15) is 0 Å². The van der Waals surface area contributed by atoms with Crippen LogP contribution in [0.4, 0.5) is 0 Å². The predicted octanol–water partition coefficient (Wildman–Crippen LogP) is 15.9. The third-order valence-electron chi connectivity index (χ3n) is 10.6. The minimum Gasteiger partial charge on any atom is -0.321 e. The largest absolute Gasteiger partial charge is 0.321 e. The molecule has 0 radical (unpaired) electrons. The highest BCUT2D eigenvalue weighted by atomic mass is 14.6. The lowest BCUT2D eigenvalue weighted by molar-refractivity contribution is 0.933. The normalized spacial score (nSPS) is 13.4. The molecule has 2 aliphatic rings. The number of rotatable bonds is 5. The summed E-state index contributed by atoms with van der Waals surface area (Å²) >= 11 is 0. The summed E-state index contributed by atoms with van der Waals surface area (Å²) in [4.78, 5) is 0. The van der Waals surface area contributed by atoms with Crippen molar-refractivity contribution >= 4 is 33.2 Å². The molecule has 1 heteroatoms. The first kappa shape index (κ1) is 43.8. The fourth-order valence-electron chi connectivity index (χ4n) is 7.66. The zero-order valence-corrected chi connectivity index (χ0v) is 36.0. The summed E-state index contributed by atoms with van der Waals surface area (Å²) in [6.45, 7) is 16.0. The molecule has 2 N–H and O–H groups in total. The molecule has 59 heavy (non-hydrogen) atoms. The lowest BCUT2D eigenvalue weighted by atomic mass is 9.87. The topological polar surface area (TPSA) is 26.0 Å². The highest BCUT2D eigenvalue weighted by Gasteiger charge is 2.26. The molecule has 1 atom stereocenters. The lowest BCUT2D eigenvalue weighted by Crippen LogP contribution is -2.07. The molecule has 2 aliphatic carbocycles. The zero-order valence-electron chi connectivity index (χ0n) is 36.0. The minimum absolute atomic E-state index is 0.0968. The fraction of sp³-hybridized carbons (Fsp3) is 0.172. The maximum atomic E-state index is 6.69. The average Bonchev–Trinajstić information content (AvgIpc) is 3.64. The van der Waals surface area contributed by atoms with Gasteiger partial charge < -0.3 is 5.73 Å². The Morgan fingerprint density at radius 1 is 0.644 bits per heavy atom. The third kappa shape index (κ3) is 11.2. The maximum absolute atomic E-state index is 6.69. The summed E-state index contributed by atoms with van der Waals surface area (Å²) in [5.41, 5.74) is 21.2. The highest BCUT2D eigenvalue weighted by molar-refractivity contribution is 6.01. The van der Waals surface area contributed by atoms with E-state index in [2.05, 4.69) is 191 Å². The molecule has 7 aromatic carbocycles. The molecule has 0 heterocycles. The third-order valence-corrected chi connectivity index (χ3v) is 10.6. The van der Waals surface area contributed by atoms with Crippen molar-refractivity contribution in [1.29, 1.82) is 0 Å². The van der Waals surface area contributed by atoms with Gasteiger partial charge in [-0.2, -0.15) is 0 Å². The Labute approximate surface area is 354 Å². The zero-order chi connectivity index (χ0) is 42.0. The molecule has 0 amide bonds. The number of fused-ring (bicyclic) bond motifs is 4. The molecule has 0 aliphatic heterocycles. The molecule has 0 fully saturated rings. The monoisotopic (exact) mass is 771 g/mol. The highest BCUT2D eigenvalue weighted by Crippen LogP contribution is 2.44. The number of nitrogens with two attached hydrogens (primary N) is 1. The summed E-state index contributed by atoms with van der Waals surface area (Å²) in [5.74, 6) is 0. The Hall–Kier alpha value is -6.28. The van der Waals surface area contributed by atoms with E-state index in [-0.39, 0.29) is 6.04 Å². The molecule has 9 rings (SSSR count). The van der Waals surface area contributed by atoms with Crippen molar-refractivity contribution in [2.75, 3.05) is 0 Å². The standard InChI is InChI=1S/C28H25N.C11H12.C10H8.C7H10.C2H6/c1-3-19-12-15-21(16-13-19)25-17-26(29)28-23(25)9-6-10-24(28)27-18(2)11-14-20-7-4-5-8-22(20)27;1-9-5-4-7-10-6-2-3-8-11(9)10;1-2-6-10-8-4-3-7-9(10)5-1;1-3-5-7-6-4-2;1-2/h4-17,26H,3,29H2,1-2H3;3-5,7-8H,2,6H2,1H3;1-8H;3-7H,1H2,2H3;1-2H3/b;;;6-4-,7-5-;. The second-order valence-corrected chi connectivity index (χ2v) is 14.5. The van der Waals surface area contributed by atoms with E-state index in [0.29, 0.717) is 0 Å². The van der Waals surface area contributed by atoms with E-state index in [1.807, 2.05) is 45.1 Å². The summed E-state index contributed by atoms with van der Waals surface area (Å²) in [6.07, 6.45) is 19.7. The van der Waals surface area contributed by atoms with Crippen molar-refractivity contribution in [3.8, 4) is 11.1 Å². The van der Waals surface area contributed by atoms with Crippen molar-refractivity contribution in [3.05, 3.63) is 239 Å². The molecule has 0 aromatic heterocycles. The van der Waals surface area contributed by atoms with E-state index in [9.17, 15) is 0 Å². The van der Waals surface area contributed by atoms with Gasteiger partial charge in [0, 0.05) is 0 Å². The Balaban J connectivity index is 0.000000179. The summed E-state index contributed by atoms with van der Waals surface area (Å²) in [6, 6.07) is 51.7. The average molecular weight is 772 g/mol. The van der Waals surface area contributed by atoms with Crippen LogP contribution in [0.15, 0.2) is 195 Å². The first-order valence-electron chi connectivity index (χ1n) is 21.2. The minimum atomic E-state index is -0.0968. The number of allylic oxidation sites excluding steroid dienone is 6. The Kier molecular flexibility index (Phi) is 16.8. The van der Waals surface area contributed by atoms with Crippen molar-refractivity contribution in [3.63, 3.8) is 0 Å². The molecule has 1 unspecified atom stereocenters. The van der Waals surface area contributed by atoms with Crippen molar-refractivity contribution in [1.82, 2.24) is 0 Å². The van der Waals surface area contributed by atoms with Crippen molar-refractivity contribution in [2.45, 2.75) is 66.8 Å². The van der Waals surface area contributed by atoms with Crippen LogP contribution >= 0.6 is 0 Å². The van der Waals surface area contributed by atoms with Gasteiger partial charge in [0.15, 0.2) is 0 Å². The molecular formula is C58H61N. The number of benzene rings is 7. The molecule has 298 valence electrons. The number of aryl methyl sites for hydroxylation is 4. The molecular weight excluding hydrogens is 711 g/mol. The second kappa shape index (κ2) is 22.6. The molecule has 1 nitrogen and oxygen atoms in total. The maximum Gasteiger partial charge on any atom is 0.0502 e. The van der Waals surface area contributed by atoms with Crippen LogP contribution in [0.2, 0.25) is 0 Å². The van der Waals surface area contributed by atoms with E-state index in [1.165, 1.54) is 95.6 Å². The molecule has 0 saturated heterocycles. The van der Waals surface area contributed by atoms with Crippen LogP contribution in [-0.2, 0) is 12.8 Å². The van der Waals surface area contributed by atoms with Gasteiger partial charge in [-0.15, -0.1) is 0 Å². The molecule has 0 spiro atoms. The first-order chi connectivity index (χ1) is 28.9. The molecule has 0 saturated carbocycles. The van der Waals surface area contributed by atoms with Crippen LogP contribution in [0.25, 0.3) is 44.3 Å². The summed E-state index contributed by atoms with van der Waals surface area (Å²) in [5, 5.41) is 5.17. The van der Waals surface area contributed by atoms with E-state index in [0.717, 1.165) is 6.42 Å². The van der Waals surface area contributed by atoms with Gasteiger partial charge in [0.25, 0.3) is 0 Å². The van der Waals surface area contributed by atoms with Crippen LogP contribution in [0.1, 0.15) is 84.7 Å². The Bertz CT molecular complexity index is 2490. The van der Waals surface area contributed by atoms with Gasteiger partial charge in [0.2, 0.25) is 0 Å². The first-order valence-corrected chi connectivity index (χ1v) is 21.2. The Morgan fingerprint density at radius 2 is 1.27 bits per heavy atom. The molecule has 7 aromatic rings. The quantitative estimate of drug-likeness (QED) is 0.173. The van der Waals surface area contributed by atoms with Crippen molar-refractivity contribution < 1.29 is 0 Å². The summed E-state index contributed by atoms with van der Waals surface area (Å²) in [7, 11) is 0. The SMILES string of the molecule is C=C/C=C\C=C/C.CC.CCc1ccc(C2=CC(N)c3c2cccc3-c2c(C)ccc3ccccc23)cc1.Cc1cccc2c1C=CCC2.c1ccc2ccccc2c1. The van der Waals surface area contributed by atoms with Gasteiger partial charge in [-0.05, 0) is 123 Å². The van der Waals surface area contributed by atoms with Crippen LogP contribution in [0.3, 0.4) is 0 Å². The summed E-state index contributed by atoms with van der Waals surface area (Å²) < 4.78 is 0. The van der Waals surface area contributed by atoms with Crippen LogP contribution in [-0.4, -0.2) is 0 Å². The van der Waals surface area contributed by atoms with Crippen LogP contribution < -0.4 is 5.73 Å². The van der Waals surface area contributed by atoms with Gasteiger partial charge in [-0.3, -0.25) is 0 Å². The van der Waals surface area contributed by atoms with Gasteiger partial charge >= 0.3 is 0 Å². The van der Waals surface area contributed by atoms with E-state index >= 15 is 0 Å². The Morgan fingerprint density at radius 3 is 1.90 bits per heavy atom. The number of hydrogen-bond acceptors (Lipinski definition) is 1. The predicted molar refractivity (Wildman–Crippen MR) is 262 cm³/mol. The fourth-order valence-corrected chi connectivity index (χ4v) is 7.66. The van der Waals surface area contributed by atoms with E-state index in [1.54, 1.807) is 6.08 Å². The lowest BCUT2D eigenvalue weighted by Gasteiger charge is -2.17. The van der Waals surface area contributed by atoms with E-state index < -0.39 is 0 Å².